The monoisotopic (exact) mass is 337 g/mol. The predicted octanol–water partition coefficient (Wildman–Crippen LogP) is 1.59. The molecule has 0 bridgehead atoms. The first-order valence-electron chi connectivity index (χ1n) is 8.35. The fraction of sp³-hybridized carbons (Fsp3) is 0.368. The number of fused-ring (bicyclic) bond motifs is 1. The molecule has 6 nitrogen and oxygen atoms in total. The molecule has 2 aromatic rings. The van der Waals surface area contributed by atoms with Crippen molar-refractivity contribution >= 4 is 5.91 Å². The van der Waals surface area contributed by atoms with Crippen molar-refractivity contribution in [2.75, 3.05) is 19.9 Å². The molecule has 0 N–H and O–H groups in total. The van der Waals surface area contributed by atoms with Crippen LogP contribution in [-0.2, 0) is 18.3 Å². The maximum atomic E-state index is 12.3. The van der Waals surface area contributed by atoms with Gasteiger partial charge in [0.1, 0.15) is 0 Å². The molecular weight excluding hydrogens is 318 g/mol. The summed E-state index contributed by atoms with van der Waals surface area (Å²) in [6.07, 6.45) is 5.88. The van der Waals surface area contributed by atoms with Crippen LogP contribution in [-0.4, -0.2) is 40.5 Å². The number of aromatic nitrogens is 2. The van der Waals surface area contributed by atoms with Crippen molar-refractivity contribution in [1.82, 2.24) is 14.7 Å². The van der Waals surface area contributed by atoms with Crippen molar-refractivity contribution in [3.05, 3.63) is 41.7 Å². The second-order valence-corrected chi connectivity index (χ2v) is 6.45. The molecule has 2 aliphatic heterocycles. The van der Waals surface area contributed by atoms with Crippen LogP contribution in [0.2, 0.25) is 0 Å². The highest BCUT2D eigenvalue weighted by Crippen LogP contribution is 2.32. The second-order valence-electron chi connectivity index (χ2n) is 6.45. The third kappa shape index (κ3) is 3.45. The first kappa shape index (κ1) is 15.6. The van der Waals surface area contributed by atoms with Gasteiger partial charge in [-0.15, -0.1) is 0 Å². The van der Waals surface area contributed by atoms with Gasteiger partial charge in [0.15, 0.2) is 11.5 Å². The molecule has 6 heteroatoms. The van der Waals surface area contributed by atoms with E-state index in [9.17, 15) is 4.79 Å². The summed E-state index contributed by atoms with van der Waals surface area (Å²) in [5.41, 5.74) is 1.97. The van der Waals surface area contributed by atoms with Crippen LogP contribution in [0.4, 0.5) is 0 Å². The molecule has 1 atom stereocenters. The normalized spacial score (nSPS) is 18.1. The highest BCUT2D eigenvalue weighted by molar-refractivity contribution is 5.94. The molecule has 0 unspecified atom stereocenters. The smallest absolute Gasteiger partial charge is 0.298 e. The van der Waals surface area contributed by atoms with E-state index in [1.54, 1.807) is 6.07 Å². The van der Waals surface area contributed by atoms with Crippen LogP contribution in [0.1, 0.15) is 17.5 Å². The van der Waals surface area contributed by atoms with Crippen molar-refractivity contribution in [3.63, 3.8) is 0 Å². The summed E-state index contributed by atoms with van der Waals surface area (Å²) in [6.45, 7) is 1.75. The number of likely N-dealkylation sites (tertiary alicyclic amines) is 1. The third-order valence-electron chi connectivity index (χ3n) is 4.54. The lowest BCUT2D eigenvalue weighted by molar-refractivity contribution is -0.124. The quantitative estimate of drug-likeness (QED) is 0.781. The van der Waals surface area contributed by atoms with E-state index in [1.165, 1.54) is 5.56 Å². The average Bonchev–Trinajstić information content (AvgIpc) is 3.33. The molecule has 0 aliphatic carbocycles. The van der Waals surface area contributed by atoms with Crippen molar-refractivity contribution < 1.29 is 14.3 Å². The second kappa shape index (κ2) is 6.52. The fourth-order valence-electron chi connectivity index (χ4n) is 3.27. The van der Waals surface area contributed by atoms with Crippen molar-refractivity contribution in [3.8, 4) is 23.3 Å². The zero-order valence-corrected chi connectivity index (χ0v) is 14.1. The van der Waals surface area contributed by atoms with Crippen LogP contribution in [0.3, 0.4) is 0 Å². The molecular formula is C19H19N3O3. The number of aryl methyl sites for hydroxylation is 1. The van der Waals surface area contributed by atoms with E-state index in [2.05, 4.69) is 16.9 Å². The SMILES string of the molecule is Cn1cc(C[C@@H]2CCN(C(=O)C#Cc3ccc4c(c3)OCO4)C2)cn1. The van der Waals surface area contributed by atoms with Crippen LogP contribution in [0.15, 0.2) is 30.6 Å². The number of hydrogen-bond acceptors (Lipinski definition) is 4. The lowest BCUT2D eigenvalue weighted by Crippen LogP contribution is -2.27. The first-order valence-corrected chi connectivity index (χ1v) is 8.35. The van der Waals surface area contributed by atoms with Gasteiger partial charge in [-0.1, -0.05) is 5.92 Å². The maximum Gasteiger partial charge on any atom is 0.298 e. The zero-order chi connectivity index (χ0) is 17.2. The van der Waals surface area contributed by atoms with E-state index in [4.69, 9.17) is 9.47 Å². The number of rotatable bonds is 2. The predicted molar refractivity (Wildman–Crippen MR) is 91.0 cm³/mol. The van der Waals surface area contributed by atoms with Crippen LogP contribution >= 0.6 is 0 Å². The minimum atomic E-state index is -0.119. The Balaban J connectivity index is 1.36. The molecule has 4 rings (SSSR count). The molecule has 3 heterocycles. The van der Waals surface area contributed by atoms with Gasteiger partial charge in [0.05, 0.1) is 6.20 Å². The van der Waals surface area contributed by atoms with Crippen LogP contribution in [0.5, 0.6) is 11.5 Å². The Kier molecular flexibility index (Phi) is 4.06. The highest BCUT2D eigenvalue weighted by Gasteiger charge is 2.25. The molecule has 0 spiro atoms. The van der Waals surface area contributed by atoms with E-state index in [1.807, 2.05) is 41.2 Å². The Morgan fingerprint density at radius 1 is 1.36 bits per heavy atom. The summed E-state index contributed by atoms with van der Waals surface area (Å²) in [5.74, 6) is 7.42. The van der Waals surface area contributed by atoms with Gasteiger partial charge in [0, 0.05) is 37.8 Å². The van der Waals surface area contributed by atoms with Crippen molar-refractivity contribution in [2.24, 2.45) is 13.0 Å². The molecule has 1 aromatic carbocycles. The Morgan fingerprint density at radius 3 is 3.08 bits per heavy atom. The van der Waals surface area contributed by atoms with E-state index < -0.39 is 0 Å². The summed E-state index contributed by atoms with van der Waals surface area (Å²) >= 11 is 0. The number of carbonyl (C=O) groups excluding carboxylic acids is 1. The molecule has 128 valence electrons. The molecule has 25 heavy (non-hydrogen) atoms. The standard InChI is InChI=1S/C19H19N3O3/c1-21-11-16(10-20-21)8-15-6-7-22(12-15)19(23)5-3-14-2-4-17-18(9-14)25-13-24-17/h2,4,9-11,15H,6-8,12-13H2,1H3/t15-/m0/s1. The lowest BCUT2D eigenvalue weighted by Gasteiger charge is -2.12. The van der Waals surface area contributed by atoms with Crippen LogP contribution in [0, 0.1) is 17.8 Å². The molecule has 0 saturated carbocycles. The number of ether oxygens (including phenoxy) is 2. The summed E-state index contributed by atoms with van der Waals surface area (Å²) in [7, 11) is 1.92. The summed E-state index contributed by atoms with van der Waals surface area (Å²) in [4.78, 5) is 14.2. The Morgan fingerprint density at radius 2 is 2.24 bits per heavy atom. The van der Waals surface area contributed by atoms with E-state index >= 15 is 0 Å². The molecule has 1 aromatic heterocycles. The Hall–Kier alpha value is -2.94. The molecule has 1 amide bonds. The van der Waals surface area contributed by atoms with Gasteiger partial charge in [-0.05, 0) is 42.5 Å². The number of benzene rings is 1. The Labute approximate surface area is 146 Å². The number of amides is 1. The number of carbonyl (C=O) groups is 1. The molecule has 2 aliphatic rings. The zero-order valence-electron chi connectivity index (χ0n) is 14.1. The minimum absolute atomic E-state index is 0.119. The van der Waals surface area contributed by atoms with Crippen LogP contribution in [0.25, 0.3) is 0 Å². The molecule has 1 fully saturated rings. The van der Waals surface area contributed by atoms with E-state index in [0.717, 1.165) is 37.2 Å². The summed E-state index contributed by atoms with van der Waals surface area (Å²) in [5, 5.41) is 4.20. The number of hydrogen-bond donors (Lipinski definition) is 0. The first-order chi connectivity index (χ1) is 12.2. The van der Waals surface area contributed by atoms with Gasteiger partial charge in [-0.3, -0.25) is 9.48 Å². The lowest BCUT2D eigenvalue weighted by atomic mass is 10.0. The Bertz CT molecular complexity index is 862. The summed E-state index contributed by atoms with van der Waals surface area (Å²) in [6, 6.07) is 5.46. The summed E-state index contributed by atoms with van der Waals surface area (Å²) < 4.78 is 12.4. The van der Waals surface area contributed by atoms with Gasteiger partial charge in [-0.2, -0.15) is 5.10 Å². The van der Waals surface area contributed by atoms with Gasteiger partial charge >= 0.3 is 0 Å². The van der Waals surface area contributed by atoms with Gasteiger partial charge in [-0.25, -0.2) is 0 Å². The molecule has 1 saturated heterocycles. The minimum Gasteiger partial charge on any atom is -0.454 e. The number of nitrogens with zero attached hydrogens (tertiary/aromatic N) is 3. The van der Waals surface area contributed by atoms with E-state index in [-0.39, 0.29) is 12.7 Å². The average molecular weight is 337 g/mol. The molecule has 0 radical (unpaired) electrons. The van der Waals surface area contributed by atoms with Crippen molar-refractivity contribution in [1.29, 1.82) is 0 Å². The largest absolute Gasteiger partial charge is 0.454 e. The van der Waals surface area contributed by atoms with Crippen molar-refractivity contribution in [2.45, 2.75) is 12.8 Å². The van der Waals surface area contributed by atoms with E-state index in [0.29, 0.717) is 11.7 Å². The van der Waals surface area contributed by atoms with Gasteiger partial charge in [0.2, 0.25) is 6.79 Å². The third-order valence-corrected chi connectivity index (χ3v) is 4.54. The van der Waals surface area contributed by atoms with Crippen LogP contribution < -0.4 is 9.47 Å². The highest BCUT2D eigenvalue weighted by atomic mass is 16.7. The van der Waals surface area contributed by atoms with Gasteiger partial charge in [0.25, 0.3) is 5.91 Å². The van der Waals surface area contributed by atoms with Gasteiger partial charge < -0.3 is 14.4 Å². The topological polar surface area (TPSA) is 56.6 Å². The fourth-order valence-corrected chi connectivity index (χ4v) is 3.27. The maximum absolute atomic E-state index is 12.3.